The van der Waals surface area contributed by atoms with Crippen LogP contribution in [-0.2, 0) is 11.3 Å². The molecule has 1 aromatic carbocycles. The summed E-state index contributed by atoms with van der Waals surface area (Å²) in [6, 6.07) is 6.78. The largest absolute Gasteiger partial charge is 0.437 e. The highest BCUT2D eigenvalue weighted by Gasteiger charge is 2.45. The Morgan fingerprint density at radius 1 is 1.06 bits per heavy atom. The van der Waals surface area contributed by atoms with Crippen LogP contribution in [0.2, 0.25) is 0 Å². The Kier molecular flexibility index (Phi) is 6.61. The predicted octanol–water partition coefficient (Wildman–Crippen LogP) is 5.11. The molecular formula is C24H34F3N3O2. The van der Waals surface area contributed by atoms with Crippen molar-refractivity contribution in [3.05, 3.63) is 29.3 Å². The smallest absolute Gasteiger partial charge is 0.425 e. The van der Waals surface area contributed by atoms with Gasteiger partial charge in [-0.05, 0) is 76.1 Å². The number of alkyl halides is 3. The molecule has 3 aliphatic heterocycles. The van der Waals surface area contributed by atoms with Crippen molar-refractivity contribution in [3.63, 3.8) is 0 Å². The fourth-order valence-corrected chi connectivity index (χ4v) is 5.55. The molecule has 1 aromatic rings. The summed E-state index contributed by atoms with van der Waals surface area (Å²) in [5.74, 6) is 0. The molecular weight excluding hydrogens is 419 g/mol. The van der Waals surface area contributed by atoms with Crippen molar-refractivity contribution in [1.29, 1.82) is 0 Å². The molecule has 32 heavy (non-hydrogen) atoms. The summed E-state index contributed by atoms with van der Waals surface area (Å²) in [5.41, 5.74) is 3.97. The van der Waals surface area contributed by atoms with Gasteiger partial charge in [0.15, 0.2) is 6.10 Å². The van der Waals surface area contributed by atoms with Gasteiger partial charge in [-0.1, -0.05) is 12.1 Å². The zero-order valence-corrected chi connectivity index (χ0v) is 19.1. The van der Waals surface area contributed by atoms with Crippen molar-refractivity contribution < 1.29 is 22.7 Å². The Balaban J connectivity index is 1.36. The third kappa shape index (κ3) is 4.85. The highest BCUT2D eigenvalue weighted by Crippen LogP contribution is 2.40. The van der Waals surface area contributed by atoms with E-state index in [1.54, 1.807) is 0 Å². The van der Waals surface area contributed by atoms with Crippen LogP contribution in [0, 0.1) is 6.92 Å². The molecule has 8 heteroatoms. The van der Waals surface area contributed by atoms with Crippen molar-refractivity contribution in [2.24, 2.45) is 0 Å². The zero-order valence-electron chi connectivity index (χ0n) is 19.1. The number of hydrogen-bond donors (Lipinski definition) is 0. The van der Waals surface area contributed by atoms with E-state index in [1.165, 1.54) is 34.6 Å². The molecule has 1 amide bonds. The summed E-state index contributed by atoms with van der Waals surface area (Å²) in [6.07, 6.45) is -1.23. The van der Waals surface area contributed by atoms with Gasteiger partial charge in [0, 0.05) is 44.0 Å². The van der Waals surface area contributed by atoms with Crippen LogP contribution in [0.4, 0.5) is 23.7 Å². The quantitative estimate of drug-likeness (QED) is 0.635. The van der Waals surface area contributed by atoms with E-state index in [4.69, 9.17) is 0 Å². The van der Waals surface area contributed by atoms with Crippen LogP contribution in [0.3, 0.4) is 0 Å². The lowest BCUT2D eigenvalue weighted by Crippen LogP contribution is -2.53. The number of piperidine rings is 1. The third-order valence-electron chi connectivity index (χ3n) is 7.51. The fourth-order valence-electron chi connectivity index (χ4n) is 5.55. The lowest BCUT2D eigenvalue weighted by atomic mass is 9.85. The van der Waals surface area contributed by atoms with Gasteiger partial charge in [0.2, 0.25) is 0 Å². The molecule has 3 heterocycles. The number of hydrogen-bond acceptors (Lipinski definition) is 4. The van der Waals surface area contributed by atoms with E-state index in [-0.39, 0.29) is 5.54 Å². The molecule has 0 aliphatic carbocycles. The van der Waals surface area contributed by atoms with E-state index in [0.29, 0.717) is 13.1 Å². The molecule has 4 rings (SSSR count). The molecule has 0 N–H and O–H groups in total. The van der Waals surface area contributed by atoms with Crippen molar-refractivity contribution in [2.75, 3.05) is 37.6 Å². The molecule has 1 unspecified atom stereocenters. The molecule has 3 aliphatic rings. The van der Waals surface area contributed by atoms with Crippen LogP contribution in [-0.4, -0.2) is 66.4 Å². The minimum absolute atomic E-state index is 0.0218. The highest BCUT2D eigenvalue weighted by molar-refractivity contribution is 5.68. The number of anilines is 1. The second kappa shape index (κ2) is 9.12. The maximum atomic E-state index is 12.7. The minimum atomic E-state index is -4.53. The van der Waals surface area contributed by atoms with Gasteiger partial charge >= 0.3 is 12.3 Å². The lowest BCUT2D eigenvalue weighted by molar-refractivity contribution is -0.200. The van der Waals surface area contributed by atoms with Crippen molar-refractivity contribution in [3.8, 4) is 0 Å². The standard InChI is InChI=1S/C24H34F3N3O2/c1-18-16-20(6-7-21(18)28-11-3-4-12-28)17-30-13-5-8-23(30)9-14-29(15-10-23)22(31)32-19(2)24(25,26)27/h6-7,16,19H,3-5,8-15,17H2,1-2H3. The van der Waals surface area contributed by atoms with Gasteiger partial charge in [0.1, 0.15) is 0 Å². The predicted molar refractivity (Wildman–Crippen MR) is 118 cm³/mol. The minimum Gasteiger partial charge on any atom is -0.437 e. The van der Waals surface area contributed by atoms with Crippen LogP contribution >= 0.6 is 0 Å². The number of ether oxygens (including phenoxy) is 1. The number of rotatable bonds is 4. The molecule has 3 fully saturated rings. The summed E-state index contributed by atoms with van der Waals surface area (Å²) in [5, 5.41) is 0. The number of carbonyl (C=O) groups is 1. The number of likely N-dealkylation sites (tertiary alicyclic amines) is 2. The Morgan fingerprint density at radius 2 is 1.75 bits per heavy atom. The first-order valence-electron chi connectivity index (χ1n) is 11.8. The summed E-state index contributed by atoms with van der Waals surface area (Å²) < 4.78 is 42.8. The number of nitrogens with zero attached hydrogens (tertiary/aromatic N) is 3. The number of aryl methyl sites for hydroxylation is 1. The molecule has 0 saturated carbocycles. The van der Waals surface area contributed by atoms with E-state index < -0.39 is 18.4 Å². The number of benzene rings is 1. The van der Waals surface area contributed by atoms with Crippen molar-refractivity contribution in [2.45, 2.75) is 76.7 Å². The normalized spacial score (nSPS) is 22.5. The molecule has 5 nitrogen and oxygen atoms in total. The Morgan fingerprint density at radius 3 is 2.38 bits per heavy atom. The van der Waals surface area contributed by atoms with Crippen LogP contribution in [0.1, 0.15) is 56.6 Å². The van der Waals surface area contributed by atoms with Crippen molar-refractivity contribution in [1.82, 2.24) is 9.80 Å². The molecule has 0 bridgehead atoms. The second-order valence-corrected chi connectivity index (χ2v) is 9.62. The topological polar surface area (TPSA) is 36.0 Å². The summed E-state index contributed by atoms with van der Waals surface area (Å²) in [4.78, 5) is 18.6. The monoisotopic (exact) mass is 453 g/mol. The average Bonchev–Trinajstić information content (AvgIpc) is 3.39. The first-order chi connectivity index (χ1) is 15.2. The Bertz CT molecular complexity index is 815. The van der Waals surface area contributed by atoms with Crippen LogP contribution < -0.4 is 4.90 Å². The third-order valence-corrected chi connectivity index (χ3v) is 7.51. The van der Waals surface area contributed by atoms with Gasteiger partial charge < -0.3 is 14.5 Å². The summed E-state index contributed by atoms with van der Waals surface area (Å²) >= 11 is 0. The molecule has 1 spiro atoms. The zero-order chi connectivity index (χ0) is 22.9. The molecule has 1 atom stereocenters. The molecule has 0 aromatic heterocycles. The summed E-state index contributed by atoms with van der Waals surface area (Å²) in [6.45, 7) is 8.09. The number of carbonyl (C=O) groups excluding carboxylic acids is 1. The highest BCUT2D eigenvalue weighted by atomic mass is 19.4. The summed E-state index contributed by atoms with van der Waals surface area (Å²) in [7, 11) is 0. The molecule has 0 radical (unpaired) electrons. The average molecular weight is 454 g/mol. The lowest BCUT2D eigenvalue weighted by Gasteiger charge is -2.45. The van der Waals surface area contributed by atoms with Gasteiger partial charge in [-0.25, -0.2) is 4.79 Å². The van der Waals surface area contributed by atoms with Gasteiger partial charge in [0.05, 0.1) is 0 Å². The second-order valence-electron chi connectivity index (χ2n) is 9.62. The van der Waals surface area contributed by atoms with E-state index in [0.717, 1.165) is 58.8 Å². The van der Waals surface area contributed by atoms with Crippen LogP contribution in [0.15, 0.2) is 18.2 Å². The first-order valence-corrected chi connectivity index (χ1v) is 11.8. The van der Waals surface area contributed by atoms with Crippen LogP contribution in [0.25, 0.3) is 0 Å². The van der Waals surface area contributed by atoms with E-state index >= 15 is 0 Å². The van der Waals surface area contributed by atoms with Crippen LogP contribution in [0.5, 0.6) is 0 Å². The van der Waals surface area contributed by atoms with Gasteiger partial charge in [0.25, 0.3) is 0 Å². The maximum Gasteiger partial charge on any atom is 0.425 e. The van der Waals surface area contributed by atoms with Gasteiger partial charge in [-0.15, -0.1) is 0 Å². The fraction of sp³-hybridized carbons (Fsp3) is 0.708. The van der Waals surface area contributed by atoms with E-state index in [2.05, 4.69) is 39.7 Å². The van der Waals surface area contributed by atoms with E-state index in [9.17, 15) is 18.0 Å². The Hall–Kier alpha value is -1.96. The van der Waals surface area contributed by atoms with Crippen molar-refractivity contribution >= 4 is 11.8 Å². The molecule has 3 saturated heterocycles. The SMILES string of the molecule is Cc1cc(CN2CCCC23CCN(C(=O)OC(C)C(F)(F)F)CC3)ccc1N1CCCC1. The van der Waals surface area contributed by atoms with Gasteiger partial charge in [-0.2, -0.15) is 13.2 Å². The molecule has 178 valence electrons. The van der Waals surface area contributed by atoms with Gasteiger partial charge in [-0.3, -0.25) is 4.90 Å². The number of amides is 1. The number of halogens is 3. The first kappa shape index (κ1) is 23.2. The Labute approximate surface area is 188 Å². The maximum absolute atomic E-state index is 12.7. The van der Waals surface area contributed by atoms with E-state index in [1.807, 2.05) is 0 Å².